The fraction of sp³-hybridized carbons (Fsp3) is 0.458. The lowest BCUT2D eigenvalue weighted by molar-refractivity contribution is -0.169. The number of carbonyl (C=O) groups is 1. The lowest BCUT2D eigenvalue weighted by atomic mass is 10.0. The summed E-state index contributed by atoms with van der Waals surface area (Å²) in [4.78, 5) is 15.6. The van der Waals surface area contributed by atoms with Gasteiger partial charge in [-0.15, -0.1) is 0 Å². The molecule has 3 aliphatic heterocycles. The quantitative estimate of drug-likeness (QED) is 0.613. The predicted molar refractivity (Wildman–Crippen MR) is 125 cm³/mol. The van der Waals surface area contributed by atoms with Crippen LogP contribution in [-0.4, -0.2) is 51.0 Å². The van der Waals surface area contributed by atoms with Gasteiger partial charge in [-0.25, -0.2) is 0 Å². The Kier molecular flexibility index (Phi) is 7.39. The Morgan fingerprint density at radius 3 is 1.55 bits per heavy atom. The van der Waals surface area contributed by atoms with Crippen molar-refractivity contribution >= 4 is 40.4 Å². The number of Topliss-reactive ketones (excluding diaryl/α,β-unsaturated/α-hetero) is 1. The van der Waals surface area contributed by atoms with Crippen molar-refractivity contribution in [3.05, 3.63) is 58.6 Å². The summed E-state index contributed by atoms with van der Waals surface area (Å²) < 4.78 is 11.4. The zero-order valence-corrected chi connectivity index (χ0v) is 19.1. The van der Waals surface area contributed by atoms with E-state index >= 15 is 0 Å². The Bertz CT molecular complexity index is 847. The normalized spacial score (nSPS) is 20.5. The minimum absolute atomic E-state index is 0.289. The Balaban J connectivity index is 0.000000152. The average Bonchev–Trinajstić information content (AvgIpc) is 3.25. The van der Waals surface area contributed by atoms with Crippen LogP contribution in [-0.2, 0) is 14.3 Å². The highest BCUT2D eigenvalue weighted by Gasteiger charge is 2.39. The molecule has 166 valence electrons. The van der Waals surface area contributed by atoms with Crippen LogP contribution < -0.4 is 9.80 Å². The number of rotatable bonds is 2. The average molecular weight is 463 g/mol. The molecule has 0 aromatic heterocycles. The Morgan fingerprint density at radius 1 is 0.677 bits per heavy atom. The number of hydrogen-bond donors (Lipinski definition) is 0. The Labute approximate surface area is 193 Å². The first-order chi connectivity index (χ1) is 15.0. The summed E-state index contributed by atoms with van der Waals surface area (Å²) in [6.07, 6.45) is 3.22. The first-order valence-corrected chi connectivity index (χ1v) is 11.6. The van der Waals surface area contributed by atoms with Crippen LogP contribution in [0, 0.1) is 0 Å². The standard InChI is InChI=1S/C13H16ClNO2.C11H12ClNO/c14-11-1-3-12(4-2-11)15-7-5-13(6-8-15)16-9-10-17-13;12-9-1-3-10(4-2-9)13-7-5-11(14)6-8-13/h1-4H,5-10H2;1-4H,5-8H2. The third kappa shape index (κ3) is 5.92. The van der Waals surface area contributed by atoms with E-state index in [-0.39, 0.29) is 5.79 Å². The van der Waals surface area contributed by atoms with Crippen LogP contribution in [0.2, 0.25) is 10.0 Å². The summed E-state index contributed by atoms with van der Waals surface area (Å²) in [6, 6.07) is 15.8. The van der Waals surface area contributed by atoms with Gasteiger partial charge >= 0.3 is 0 Å². The molecule has 7 heteroatoms. The molecule has 5 rings (SSSR count). The van der Waals surface area contributed by atoms with Gasteiger partial charge in [0.05, 0.1) is 13.2 Å². The highest BCUT2D eigenvalue weighted by Crippen LogP contribution is 2.33. The fourth-order valence-corrected chi connectivity index (χ4v) is 4.46. The van der Waals surface area contributed by atoms with Crippen molar-refractivity contribution in [3.8, 4) is 0 Å². The minimum atomic E-state index is -0.289. The third-order valence-corrected chi connectivity index (χ3v) is 6.55. The number of carbonyl (C=O) groups excluding carboxylic acids is 1. The molecule has 3 fully saturated rings. The van der Waals surface area contributed by atoms with Crippen molar-refractivity contribution in [2.75, 3.05) is 49.2 Å². The second kappa shape index (κ2) is 10.2. The van der Waals surface area contributed by atoms with E-state index in [1.165, 1.54) is 5.69 Å². The number of ketones is 1. The zero-order valence-electron chi connectivity index (χ0n) is 17.6. The molecule has 0 aliphatic carbocycles. The molecule has 5 nitrogen and oxygen atoms in total. The van der Waals surface area contributed by atoms with Gasteiger partial charge in [-0.1, -0.05) is 23.2 Å². The number of piperidine rings is 2. The van der Waals surface area contributed by atoms with E-state index in [0.29, 0.717) is 18.6 Å². The maximum atomic E-state index is 11.0. The summed E-state index contributed by atoms with van der Waals surface area (Å²) in [7, 11) is 0. The van der Waals surface area contributed by atoms with Crippen LogP contribution in [0.25, 0.3) is 0 Å². The zero-order chi connectivity index (χ0) is 21.7. The summed E-state index contributed by atoms with van der Waals surface area (Å²) in [5.41, 5.74) is 2.38. The van der Waals surface area contributed by atoms with Gasteiger partial charge in [-0.2, -0.15) is 0 Å². The van der Waals surface area contributed by atoms with E-state index in [4.69, 9.17) is 32.7 Å². The van der Waals surface area contributed by atoms with E-state index in [0.717, 1.165) is 68.0 Å². The third-order valence-electron chi connectivity index (χ3n) is 6.04. The van der Waals surface area contributed by atoms with E-state index in [1.807, 2.05) is 36.4 Å². The summed E-state index contributed by atoms with van der Waals surface area (Å²) in [6.45, 7) is 5.09. The monoisotopic (exact) mass is 462 g/mol. The number of halogens is 2. The van der Waals surface area contributed by atoms with Gasteiger partial charge < -0.3 is 19.3 Å². The number of hydrogen-bond acceptors (Lipinski definition) is 5. The second-order valence-corrected chi connectivity index (χ2v) is 8.95. The molecule has 1 spiro atoms. The SMILES string of the molecule is Clc1ccc(N2CCC3(CC2)OCCO3)cc1.O=C1CCN(c2ccc(Cl)cc2)CC1. The van der Waals surface area contributed by atoms with E-state index < -0.39 is 0 Å². The van der Waals surface area contributed by atoms with Crippen LogP contribution in [0.5, 0.6) is 0 Å². The second-order valence-electron chi connectivity index (χ2n) is 8.07. The van der Waals surface area contributed by atoms with Crippen LogP contribution in [0.3, 0.4) is 0 Å². The highest BCUT2D eigenvalue weighted by atomic mass is 35.5. The first-order valence-electron chi connectivity index (χ1n) is 10.8. The molecule has 0 amide bonds. The van der Waals surface area contributed by atoms with Crippen LogP contribution in [0.4, 0.5) is 11.4 Å². The molecular formula is C24H28Cl2N2O3. The van der Waals surface area contributed by atoms with Crippen molar-refractivity contribution in [1.29, 1.82) is 0 Å². The van der Waals surface area contributed by atoms with E-state index in [2.05, 4.69) is 21.9 Å². The molecule has 0 atom stereocenters. The summed E-state index contributed by atoms with van der Waals surface area (Å²) >= 11 is 11.7. The molecule has 3 saturated heterocycles. The molecule has 3 heterocycles. The minimum Gasteiger partial charge on any atom is -0.371 e. The van der Waals surface area contributed by atoms with Crippen molar-refractivity contribution in [2.45, 2.75) is 31.5 Å². The lowest BCUT2D eigenvalue weighted by Crippen LogP contribution is -2.45. The molecule has 3 aliphatic rings. The largest absolute Gasteiger partial charge is 0.371 e. The molecule has 2 aromatic rings. The van der Waals surface area contributed by atoms with Gasteiger partial charge in [-0.05, 0) is 48.5 Å². The summed E-state index contributed by atoms with van der Waals surface area (Å²) in [5, 5.41) is 1.53. The summed E-state index contributed by atoms with van der Waals surface area (Å²) in [5.74, 6) is 0.0818. The van der Waals surface area contributed by atoms with Gasteiger partial charge in [0.15, 0.2) is 5.79 Å². The molecule has 0 unspecified atom stereocenters. The molecule has 31 heavy (non-hydrogen) atoms. The number of anilines is 2. The Morgan fingerprint density at radius 2 is 1.10 bits per heavy atom. The molecule has 2 aromatic carbocycles. The Hall–Kier alpha value is -1.79. The highest BCUT2D eigenvalue weighted by molar-refractivity contribution is 6.30. The maximum Gasteiger partial charge on any atom is 0.171 e. The van der Waals surface area contributed by atoms with Gasteiger partial charge in [0.2, 0.25) is 0 Å². The molecule has 0 N–H and O–H groups in total. The van der Waals surface area contributed by atoms with Crippen LogP contribution >= 0.6 is 23.2 Å². The van der Waals surface area contributed by atoms with Gasteiger partial charge in [-0.3, -0.25) is 4.79 Å². The smallest absolute Gasteiger partial charge is 0.171 e. The van der Waals surface area contributed by atoms with Crippen molar-refractivity contribution in [1.82, 2.24) is 0 Å². The molecule has 0 saturated carbocycles. The van der Waals surface area contributed by atoms with Gasteiger partial charge in [0.1, 0.15) is 5.78 Å². The molecular weight excluding hydrogens is 435 g/mol. The van der Waals surface area contributed by atoms with Crippen LogP contribution in [0.15, 0.2) is 48.5 Å². The van der Waals surface area contributed by atoms with Gasteiger partial charge in [0, 0.05) is 73.3 Å². The lowest BCUT2D eigenvalue weighted by Gasteiger charge is -2.38. The number of ether oxygens (including phenoxy) is 2. The van der Waals surface area contributed by atoms with Crippen molar-refractivity contribution < 1.29 is 14.3 Å². The van der Waals surface area contributed by atoms with Crippen molar-refractivity contribution in [3.63, 3.8) is 0 Å². The topological polar surface area (TPSA) is 42.0 Å². The fourth-order valence-electron chi connectivity index (χ4n) is 4.21. The molecule has 0 bridgehead atoms. The number of nitrogens with zero attached hydrogens (tertiary/aromatic N) is 2. The molecule has 0 radical (unpaired) electrons. The first kappa shape index (κ1) is 22.4. The van der Waals surface area contributed by atoms with Gasteiger partial charge in [0.25, 0.3) is 0 Å². The van der Waals surface area contributed by atoms with E-state index in [9.17, 15) is 4.79 Å². The predicted octanol–water partition coefficient (Wildman–Crippen LogP) is 5.19. The van der Waals surface area contributed by atoms with Crippen LogP contribution in [0.1, 0.15) is 25.7 Å². The maximum absolute atomic E-state index is 11.0. The van der Waals surface area contributed by atoms with Crippen molar-refractivity contribution in [2.24, 2.45) is 0 Å². The van der Waals surface area contributed by atoms with E-state index in [1.54, 1.807) is 0 Å². The number of benzene rings is 2.